The number of nitrogens with zero attached hydrogens (tertiary/aromatic N) is 2. The number of guanidine groups is 1. The Bertz CT molecular complexity index is 335. The Hall–Kier alpha value is -1.10. The van der Waals surface area contributed by atoms with Crippen molar-refractivity contribution < 1.29 is 0 Å². The molecule has 1 unspecified atom stereocenters. The predicted octanol–water partition coefficient (Wildman–Crippen LogP) is 1.79. The quantitative estimate of drug-likeness (QED) is 0.585. The predicted molar refractivity (Wildman–Crippen MR) is 81.4 cm³/mol. The standard InChI is InChI=1S/C13H24N4S/c1-4-14-13(16-11-12(2)18-3)15-7-10-17-8-5-6-9-17/h5-6,8-9,12H,4,7,10-11H2,1-3H3,(H2,14,15,16). The SMILES string of the molecule is CCNC(=NCC(C)SC)NCCn1cccc1. The maximum atomic E-state index is 4.57. The average molecular weight is 268 g/mol. The average Bonchev–Trinajstić information content (AvgIpc) is 2.88. The highest BCUT2D eigenvalue weighted by Gasteiger charge is 2.00. The van der Waals surface area contributed by atoms with Gasteiger partial charge in [-0.15, -0.1) is 0 Å². The molecule has 5 heteroatoms. The van der Waals surface area contributed by atoms with Crippen LogP contribution in [0.5, 0.6) is 0 Å². The topological polar surface area (TPSA) is 41.4 Å². The van der Waals surface area contributed by atoms with Gasteiger partial charge in [-0.25, -0.2) is 0 Å². The summed E-state index contributed by atoms with van der Waals surface area (Å²) in [5.41, 5.74) is 0. The summed E-state index contributed by atoms with van der Waals surface area (Å²) in [5, 5.41) is 7.17. The van der Waals surface area contributed by atoms with E-state index in [2.05, 4.69) is 52.7 Å². The Kier molecular flexibility index (Phi) is 7.41. The molecule has 0 bridgehead atoms. The molecule has 0 saturated carbocycles. The third kappa shape index (κ3) is 6.00. The van der Waals surface area contributed by atoms with Crippen LogP contribution in [0, 0.1) is 0 Å². The van der Waals surface area contributed by atoms with Crippen LogP contribution >= 0.6 is 11.8 Å². The van der Waals surface area contributed by atoms with Crippen molar-refractivity contribution in [1.29, 1.82) is 0 Å². The number of hydrogen-bond donors (Lipinski definition) is 2. The van der Waals surface area contributed by atoms with Gasteiger partial charge in [0.2, 0.25) is 0 Å². The van der Waals surface area contributed by atoms with Gasteiger partial charge in [0.05, 0.1) is 6.54 Å². The van der Waals surface area contributed by atoms with Crippen molar-refractivity contribution in [2.75, 3.05) is 25.9 Å². The van der Waals surface area contributed by atoms with Crippen LogP contribution in [-0.2, 0) is 6.54 Å². The van der Waals surface area contributed by atoms with Crippen molar-refractivity contribution in [3.05, 3.63) is 24.5 Å². The second-order valence-electron chi connectivity index (χ2n) is 4.11. The van der Waals surface area contributed by atoms with Crippen LogP contribution in [-0.4, -0.2) is 41.7 Å². The van der Waals surface area contributed by atoms with E-state index in [0.29, 0.717) is 5.25 Å². The summed E-state index contributed by atoms with van der Waals surface area (Å²) in [6, 6.07) is 4.08. The highest BCUT2D eigenvalue weighted by molar-refractivity contribution is 7.99. The lowest BCUT2D eigenvalue weighted by molar-refractivity contribution is 0.665. The minimum Gasteiger partial charge on any atom is -0.357 e. The smallest absolute Gasteiger partial charge is 0.191 e. The highest BCUT2D eigenvalue weighted by atomic mass is 32.2. The van der Waals surface area contributed by atoms with Crippen molar-refractivity contribution in [3.63, 3.8) is 0 Å². The molecule has 1 rings (SSSR count). The number of aliphatic imine (C=N–C) groups is 1. The molecular weight excluding hydrogens is 244 g/mol. The van der Waals surface area contributed by atoms with Crippen LogP contribution in [0.25, 0.3) is 0 Å². The van der Waals surface area contributed by atoms with Gasteiger partial charge in [-0.2, -0.15) is 11.8 Å². The Labute approximate surface area is 114 Å². The fourth-order valence-corrected chi connectivity index (χ4v) is 1.68. The van der Waals surface area contributed by atoms with Crippen molar-refractivity contribution in [2.45, 2.75) is 25.6 Å². The molecule has 102 valence electrons. The van der Waals surface area contributed by atoms with Gasteiger partial charge in [0.25, 0.3) is 0 Å². The molecule has 0 radical (unpaired) electrons. The van der Waals surface area contributed by atoms with E-state index in [1.54, 1.807) is 0 Å². The number of thioether (sulfide) groups is 1. The molecule has 1 aromatic rings. The maximum Gasteiger partial charge on any atom is 0.191 e. The van der Waals surface area contributed by atoms with Crippen LogP contribution in [0.1, 0.15) is 13.8 Å². The van der Waals surface area contributed by atoms with E-state index in [1.165, 1.54) is 0 Å². The van der Waals surface area contributed by atoms with Gasteiger partial charge >= 0.3 is 0 Å². The zero-order valence-electron chi connectivity index (χ0n) is 11.5. The van der Waals surface area contributed by atoms with E-state index < -0.39 is 0 Å². The molecule has 18 heavy (non-hydrogen) atoms. The van der Waals surface area contributed by atoms with Crippen molar-refractivity contribution >= 4 is 17.7 Å². The normalized spacial score (nSPS) is 13.4. The third-order valence-electron chi connectivity index (χ3n) is 2.58. The van der Waals surface area contributed by atoms with Gasteiger partial charge in [-0.05, 0) is 25.3 Å². The van der Waals surface area contributed by atoms with Gasteiger partial charge in [0.15, 0.2) is 5.96 Å². The van der Waals surface area contributed by atoms with Crippen LogP contribution < -0.4 is 10.6 Å². The van der Waals surface area contributed by atoms with Crippen LogP contribution in [0.15, 0.2) is 29.5 Å². The fourth-order valence-electron chi connectivity index (χ4n) is 1.46. The molecule has 4 nitrogen and oxygen atoms in total. The second kappa shape index (κ2) is 8.91. The van der Waals surface area contributed by atoms with Gasteiger partial charge in [-0.3, -0.25) is 4.99 Å². The first-order chi connectivity index (χ1) is 8.76. The molecule has 0 saturated heterocycles. The molecule has 0 fully saturated rings. The molecular formula is C13H24N4S. The highest BCUT2D eigenvalue weighted by Crippen LogP contribution is 2.04. The van der Waals surface area contributed by atoms with Gasteiger partial charge < -0.3 is 15.2 Å². The van der Waals surface area contributed by atoms with Crippen molar-refractivity contribution in [1.82, 2.24) is 15.2 Å². The number of aromatic nitrogens is 1. The molecule has 0 aliphatic heterocycles. The Balaban J connectivity index is 2.32. The maximum absolute atomic E-state index is 4.57. The fraction of sp³-hybridized carbons (Fsp3) is 0.615. The third-order valence-corrected chi connectivity index (χ3v) is 3.54. The summed E-state index contributed by atoms with van der Waals surface area (Å²) in [5.74, 6) is 0.908. The van der Waals surface area contributed by atoms with E-state index in [1.807, 2.05) is 23.9 Å². The molecule has 1 heterocycles. The van der Waals surface area contributed by atoms with Gasteiger partial charge in [0.1, 0.15) is 0 Å². The molecule has 0 spiro atoms. The van der Waals surface area contributed by atoms with Crippen molar-refractivity contribution in [2.24, 2.45) is 4.99 Å². The van der Waals surface area contributed by atoms with Crippen molar-refractivity contribution in [3.8, 4) is 0 Å². The lowest BCUT2D eigenvalue weighted by atomic mass is 10.5. The first-order valence-electron chi connectivity index (χ1n) is 6.42. The summed E-state index contributed by atoms with van der Waals surface area (Å²) >= 11 is 1.84. The van der Waals surface area contributed by atoms with Crippen LogP contribution in [0.2, 0.25) is 0 Å². The largest absolute Gasteiger partial charge is 0.357 e. The summed E-state index contributed by atoms with van der Waals surface area (Å²) in [4.78, 5) is 4.57. The number of hydrogen-bond acceptors (Lipinski definition) is 2. The number of rotatable bonds is 7. The van der Waals surface area contributed by atoms with Gasteiger partial charge in [-0.1, -0.05) is 6.92 Å². The van der Waals surface area contributed by atoms with E-state index in [0.717, 1.165) is 32.1 Å². The molecule has 1 aromatic heterocycles. The summed E-state index contributed by atoms with van der Waals surface area (Å²) in [6.07, 6.45) is 6.26. The molecule has 0 aromatic carbocycles. The summed E-state index contributed by atoms with van der Waals surface area (Å²) < 4.78 is 2.15. The zero-order valence-corrected chi connectivity index (χ0v) is 12.3. The lowest BCUT2D eigenvalue weighted by Gasteiger charge is -2.12. The summed E-state index contributed by atoms with van der Waals surface area (Å²) in [7, 11) is 0. The minimum absolute atomic E-state index is 0.560. The second-order valence-corrected chi connectivity index (χ2v) is 5.39. The van der Waals surface area contributed by atoms with E-state index in [9.17, 15) is 0 Å². The Morgan fingerprint density at radius 2 is 2.06 bits per heavy atom. The van der Waals surface area contributed by atoms with Crippen LogP contribution in [0.3, 0.4) is 0 Å². The van der Waals surface area contributed by atoms with E-state index in [-0.39, 0.29) is 0 Å². The molecule has 0 aliphatic carbocycles. The minimum atomic E-state index is 0.560. The van der Waals surface area contributed by atoms with Crippen LogP contribution in [0.4, 0.5) is 0 Å². The van der Waals surface area contributed by atoms with E-state index in [4.69, 9.17) is 0 Å². The Morgan fingerprint density at radius 3 is 2.67 bits per heavy atom. The Morgan fingerprint density at radius 1 is 1.33 bits per heavy atom. The first kappa shape index (κ1) is 15.0. The molecule has 1 atom stereocenters. The van der Waals surface area contributed by atoms with E-state index >= 15 is 0 Å². The summed E-state index contributed by atoms with van der Waals surface area (Å²) in [6.45, 7) is 7.85. The number of nitrogens with one attached hydrogen (secondary N) is 2. The molecule has 2 N–H and O–H groups in total. The first-order valence-corrected chi connectivity index (χ1v) is 7.70. The zero-order chi connectivity index (χ0) is 13.2. The molecule has 0 aliphatic rings. The monoisotopic (exact) mass is 268 g/mol. The lowest BCUT2D eigenvalue weighted by Crippen LogP contribution is -2.39. The molecule has 0 amide bonds. The van der Waals surface area contributed by atoms with Gasteiger partial charge in [0, 0.05) is 37.3 Å².